The van der Waals surface area contributed by atoms with Gasteiger partial charge in [-0.1, -0.05) is 12.2 Å². The Hall–Kier alpha value is -1.91. The number of carbonyl (C=O) groups excluding carboxylic acids is 1. The summed E-state index contributed by atoms with van der Waals surface area (Å²) >= 11 is 0. The summed E-state index contributed by atoms with van der Waals surface area (Å²) in [6, 6.07) is 3.17. The molecule has 0 fully saturated rings. The van der Waals surface area contributed by atoms with Gasteiger partial charge in [0.05, 0.1) is 0 Å². The van der Waals surface area contributed by atoms with Crippen molar-refractivity contribution < 1.29 is 4.79 Å². The highest BCUT2D eigenvalue weighted by Gasteiger charge is 2.01. The second-order valence-corrected chi connectivity index (χ2v) is 2.98. The summed E-state index contributed by atoms with van der Waals surface area (Å²) in [6.07, 6.45) is 0. The second kappa shape index (κ2) is 4.36. The molecule has 0 saturated heterocycles. The van der Waals surface area contributed by atoms with Crippen molar-refractivity contribution in [2.45, 2.75) is 6.92 Å². The van der Waals surface area contributed by atoms with Gasteiger partial charge in [-0.05, 0) is 19.1 Å². The molecule has 74 valence electrons. The van der Waals surface area contributed by atoms with E-state index >= 15 is 0 Å². The van der Waals surface area contributed by atoms with Gasteiger partial charge < -0.3 is 11.1 Å². The third-order valence-electron chi connectivity index (χ3n) is 1.49. The summed E-state index contributed by atoms with van der Waals surface area (Å²) in [5.74, 6) is 0.0157. The highest BCUT2D eigenvalue weighted by atomic mass is 16.1. The average molecular weight is 192 g/mol. The lowest BCUT2D eigenvalue weighted by Gasteiger charge is -2.03. The van der Waals surface area contributed by atoms with Gasteiger partial charge in [0.25, 0.3) is 5.91 Å². The van der Waals surface area contributed by atoms with E-state index in [1.807, 2.05) is 6.92 Å². The van der Waals surface area contributed by atoms with E-state index in [1.165, 1.54) is 6.07 Å². The van der Waals surface area contributed by atoms with Gasteiger partial charge >= 0.3 is 0 Å². The lowest BCUT2D eigenvalue weighted by atomic mass is 10.3. The van der Waals surface area contributed by atoms with Gasteiger partial charge in [-0.2, -0.15) is 0 Å². The molecule has 0 aromatic carbocycles. The van der Waals surface area contributed by atoms with Crippen LogP contribution in [0.3, 0.4) is 0 Å². The van der Waals surface area contributed by atoms with E-state index in [0.717, 1.165) is 5.57 Å². The first-order valence-corrected chi connectivity index (χ1v) is 4.11. The number of anilines is 1. The normalized spacial score (nSPS) is 9.50. The Morgan fingerprint density at radius 1 is 1.57 bits per heavy atom. The SMILES string of the molecule is C=C(C)CNc1ccc(C(N)=O)nn1. The zero-order valence-corrected chi connectivity index (χ0v) is 7.95. The van der Waals surface area contributed by atoms with Gasteiger partial charge in [0.15, 0.2) is 5.69 Å². The fourth-order valence-electron chi connectivity index (χ4n) is 0.799. The van der Waals surface area contributed by atoms with E-state index in [0.29, 0.717) is 12.4 Å². The van der Waals surface area contributed by atoms with Crippen LogP contribution in [0.2, 0.25) is 0 Å². The molecule has 0 atom stereocenters. The van der Waals surface area contributed by atoms with Gasteiger partial charge in [0, 0.05) is 6.54 Å². The number of carbonyl (C=O) groups is 1. The molecule has 5 heteroatoms. The molecule has 14 heavy (non-hydrogen) atoms. The Labute approximate surface area is 82.0 Å². The van der Waals surface area contributed by atoms with Crippen molar-refractivity contribution in [3.05, 3.63) is 30.0 Å². The lowest BCUT2D eigenvalue weighted by Crippen LogP contribution is -2.14. The molecule has 0 saturated carbocycles. The minimum atomic E-state index is -0.580. The van der Waals surface area contributed by atoms with Crippen LogP contribution in [-0.2, 0) is 0 Å². The van der Waals surface area contributed by atoms with Gasteiger partial charge in [0.1, 0.15) is 5.82 Å². The molecule has 0 aliphatic heterocycles. The summed E-state index contributed by atoms with van der Waals surface area (Å²) in [7, 11) is 0. The maximum absolute atomic E-state index is 10.7. The van der Waals surface area contributed by atoms with E-state index in [1.54, 1.807) is 6.07 Å². The van der Waals surface area contributed by atoms with E-state index < -0.39 is 5.91 Å². The zero-order valence-electron chi connectivity index (χ0n) is 7.95. The molecule has 1 rings (SSSR count). The summed E-state index contributed by atoms with van der Waals surface area (Å²) in [5, 5.41) is 10.4. The quantitative estimate of drug-likeness (QED) is 0.683. The topological polar surface area (TPSA) is 80.9 Å². The first-order chi connectivity index (χ1) is 6.59. The maximum atomic E-state index is 10.7. The monoisotopic (exact) mass is 192 g/mol. The molecule has 0 spiro atoms. The molecule has 1 heterocycles. The summed E-state index contributed by atoms with van der Waals surface area (Å²) in [6.45, 7) is 6.26. The van der Waals surface area contributed by atoms with Crippen molar-refractivity contribution >= 4 is 11.7 Å². The van der Waals surface area contributed by atoms with Crippen LogP contribution in [-0.4, -0.2) is 22.6 Å². The highest BCUT2D eigenvalue weighted by molar-refractivity contribution is 5.90. The van der Waals surface area contributed by atoms with Crippen LogP contribution in [0.15, 0.2) is 24.3 Å². The predicted octanol–water partition coefficient (Wildman–Crippen LogP) is 0.564. The van der Waals surface area contributed by atoms with E-state index in [4.69, 9.17) is 5.73 Å². The first-order valence-electron chi connectivity index (χ1n) is 4.11. The summed E-state index contributed by atoms with van der Waals surface area (Å²) < 4.78 is 0. The Morgan fingerprint density at radius 2 is 2.29 bits per heavy atom. The second-order valence-electron chi connectivity index (χ2n) is 2.98. The predicted molar refractivity (Wildman–Crippen MR) is 53.9 cm³/mol. The minimum absolute atomic E-state index is 0.158. The van der Waals surface area contributed by atoms with Gasteiger partial charge in [0.2, 0.25) is 0 Å². The van der Waals surface area contributed by atoms with Crippen LogP contribution in [0.4, 0.5) is 5.82 Å². The average Bonchev–Trinajstić information content (AvgIpc) is 2.15. The highest BCUT2D eigenvalue weighted by Crippen LogP contribution is 2.01. The molecule has 1 aromatic heterocycles. The van der Waals surface area contributed by atoms with Gasteiger partial charge in [-0.3, -0.25) is 4.79 Å². The molecule has 0 aliphatic carbocycles. The third kappa shape index (κ3) is 2.85. The Bertz CT molecular complexity index is 344. The molecule has 3 N–H and O–H groups in total. The molecule has 1 aromatic rings. The van der Waals surface area contributed by atoms with Crippen LogP contribution in [0.5, 0.6) is 0 Å². The first kappa shape index (κ1) is 10.2. The van der Waals surface area contributed by atoms with Crippen molar-refractivity contribution in [1.82, 2.24) is 10.2 Å². The van der Waals surface area contributed by atoms with Crippen LogP contribution in [0, 0.1) is 0 Å². The maximum Gasteiger partial charge on any atom is 0.269 e. The smallest absolute Gasteiger partial charge is 0.269 e. The number of hydrogen-bond donors (Lipinski definition) is 2. The number of nitrogens with zero attached hydrogens (tertiary/aromatic N) is 2. The third-order valence-corrected chi connectivity index (χ3v) is 1.49. The molecule has 5 nitrogen and oxygen atoms in total. The summed E-state index contributed by atoms with van der Waals surface area (Å²) in [5.41, 5.74) is 6.16. The van der Waals surface area contributed by atoms with Crippen molar-refractivity contribution in [1.29, 1.82) is 0 Å². The standard InChI is InChI=1S/C9H12N4O/c1-6(2)5-11-8-4-3-7(9(10)14)12-13-8/h3-4H,1,5H2,2H3,(H2,10,14)(H,11,13). The number of nitrogens with two attached hydrogens (primary N) is 1. The van der Waals surface area contributed by atoms with Crippen molar-refractivity contribution in [2.24, 2.45) is 5.73 Å². The molecule has 0 radical (unpaired) electrons. The Morgan fingerprint density at radius 3 is 2.71 bits per heavy atom. The number of amides is 1. The molecular formula is C9H12N4O. The Balaban J connectivity index is 2.64. The number of nitrogens with one attached hydrogen (secondary N) is 1. The number of primary amides is 1. The molecule has 0 unspecified atom stereocenters. The largest absolute Gasteiger partial charge is 0.365 e. The van der Waals surface area contributed by atoms with Crippen LogP contribution in [0.1, 0.15) is 17.4 Å². The molecule has 0 aliphatic rings. The summed E-state index contributed by atoms with van der Waals surface area (Å²) in [4.78, 5) is 10.7. The van der Waals surface area contributed by atoms with Crippen molar-refractivity contribution in [3.8, 4) is 0 Å². The molecular weight excluding hydrogens is 180 g/mol. The molecule has 1 amide bonds. The van der Waals surface area contributed by atoms with Crippen LogP contribution >= 0.6 is 0 Å². The minimum Gasteiger partial charge on any atom is -0.365 e. The van der Waals surface area contributed by atoms with Crippen molar-refractivity contribution in [3.63, 3.8) is 0 Å². The number of hydrogen-bond acceptors (Lipinski definition) is 4. The Kier molecular flexibility index (Phi) is 3.17. The molecule has 0 bridgehead atoms. The van der Waals surface area contributed by atoms with Crippen molar-refractivity contribution in [2.75, 3.05) is 11.9 Å². The fraction of sp³-hybridized carbons (Fsp3) is 0.222. The fourth-order valence-corrected chi connectivity index (χ4v) is 0.799. The van der Waals surface area contributed by atoms with Gasteiger partial charge in [-0.15, -0.1) is 10.2 Å². The number of aromatic nitrogens is 2. The van der Waals surface area contributed by atoms with Gasteiger partial charge in [-0.25, -0.2) is 0 Å². The van der Waals surface area contributed by atoms with E-state index in [-0.39, 0.29) is 5.69 Å². The lowest BCUT2D eigenvalue weighted by molar-refractivity contribution is 0.0994. The van der Waals surface area contributed by atoms with E-state index in [9.17, 15) is 4.79 Å². The zero-order chi connectivity index (χ0) is 10.6. The van der Waals surface area contributed by atoms with Crippen LogP contribution in [0.25, 0.3) is 0 Å². The van der Waals surface area contributed by atoms with E-state index in [2.05, 4.69) is 22.1 Å². The number of rotatable bonds is 4. The van der Waals surface area contributed by atoms with Crippen LogP contribution < -0.4 is 11.1 Å².